The molecule has 0 spiro atoms. The fourth-order valence-electron chi connectivity index (χ4n) is 4.36. The van der Waals surface area contributed by atoms with E-state index in [9.17, 15) is 14.4 Å². The lowest BCUT2D eigenvalue weighted by molar-refractivity contribution is -0.136. The highest BCUT2D eigenvalue weighted by atomic mass is 35.5. The maximum atomic E-state index is 13.5. The van der Waals surface area contributed by atoms with E-state index in [0.717, 1.165) is 24.0 Å². The standard InChI is InChI=1S/C30H31ClN4O4/c31-26-18-24(12-15-27(26)32)34-30(39)35(25-13-10-22(11-14-25)21-4-2-1-3-5-21)19-20-6-8-23(9-7-20)29(38)33-17-16-28(36)37/h4,6-15,18H,1-3,5,16-17,19,32H2,(H,33,38)(H,34,39)(H,36,37). The topological polar surface area (TPSA) is 125 Å². The van der Waals surface area contributed by atoms with E-state index in [2.05, 4.69) is 16.7 Å². The molecule has 1 aliphatic rings. The van der Waals surface area contributed by atoms with Crippen molar-refractivity contribution in [1.29, 1.82) is 0 Å². The molecule has 0 unspecified atom stereocenters. The molecular weight excluding hydrogens is 516 g/mol. The number of halogens is 1. The molecule has 39 heavy (non-hydrogen) atoms. The third-order valence-electron chi connectivity index (χ3n) is 6.52. The fraction of sp³-hybridized carbons (Fsp3) is 0.233. The van der Waals surface area contributed by atoms with Gasteiger partial charge in [-0.25, -0.2) is 4.79 Å². The number of hydrogen-bond donors (Lipinski definition) is 4. The SMILES string of the molecule is Nc1ccc(NC(=O)N(Cc2ccc(C(=O)NCCC(=O)O)cc2)c2ccc(C3=CCCCC3)cc2)cc1Cl. The molecular formula is C30H31ClN4O4. The Balaban J connectivity index is 1.54. The number of nitrogens with two attached hydrogens (primary N) is 1. The molecule has 3 amide bonds. The molecule has 3 aromatic rings. The summed E-state index contributed by atoms with van der Waals surface area (Å²) in [5.41, 5.74) is 11.2. The molecule has 9 heteroatoms. The van der Waals surface area contributed by atoms with Crippen LogP contribution in [0.3, 0.4) is 0 Å². The number of benzene rings is 3. The van der Waals surface area contributed by atoms with Crippen molar-refractivity contribution in [3.05, 3.63) is 94.5 Å². The van der Waals surface area contributed by atoms with E-state index in [4.69, 9.17) is 22.4 Å². The molecule has 0 saturated carbocycles. The van der Waals surface area contributed by atoms with Crippen LogP contribution in [0.2, 0.25) is 5.02 Å². The summed E-state index contributed by atoms with van der Waals surface area (Å²) in [6.07, 6.45) is 6.67. The largest absolute Gasteiger partial charge is 0.481 e. The van der Waals surface area contributed by atoms with Crippen LogP contribution in [-0.4, -0.2) is 29.6 Å². The number of carbonyl (C=O) groups excluding carboxylic acids is 2. The lowest BCUT2D eigenvalue weighted by atomic mass is 9.93. The quantitative estimate of drug-likeness (QED) is 0.234. The molecule has 8 nitrogen and oxygen atoms in total. The van der Waals surface area contributed by atoms with Gasteiger partial charge in [0.05, 0.1) is 23.7 Å². The van der Waals surface area contributed by atoms with Crippen molar-refractivity contribution in [2.24, 2.45) is 0 Å². The van der Waals surface area contributed by atoms with Gasteiger partial charge in [0, 0.05) is 23.5 Å². The Bertz CT molecular complexity index is 1370. The van der Waals surface area contributed by atoms with Crippen LogP contribution in [-0.2, 0) is 11.3 Å². The molecule has 0 aliphatic heterocycles. The maximum Gasteiger partial charge on any atom is 0.326 e. The lowest BCUT2D eigenvalue weighted by Crippen LogP contribution is -2.34. The minimum absolute atomic E-state index is 0.0475. The summed E-state index contributed by atoms with van der Waals surface area (Å²) < 4.78 is 0. The second-order valence-corrected chi connectivity index (χ2v) is 9.78. The van der Waals surface area contributed by atoms with Gasteiger partial charge in [-0.2, -0.15) is 0 Å². The normalized spacial score (nSPS) is 12.8. The summed E-state index contributed by atoms with van der Waals surface area (Å²) >= 11 is 6.15. The van der Waals surface area contributed by atoms with Crippen LogP contribution < -0.4 is 21.3 Å². The minimum atomic E-state index is -0.978. The first-order valence-corrected chi connectivity index (χ1v) is 13.2. The van der Waals surface area contributed by atoms with E-state index in [1.807, 2.05) is 24.3 Å². The first-order valence-electron chi connectivity index (χ1n) is 12.8. The highest BCUT2D eigenvalue weighted by Crippen LogP contribution is 2.29. The van der Waals surface area contributed by atoms with Gasteiger partial charge in [0.15, 0.2) is 0 Å². The number of anilines is 3. The van der Waals surface area contributed by atoms with Gasteiger partial charge in [-0.05, 0) is 84.8 Å². The first-order chi connectivity index (χ1) is 18.8. The van der Waals surface area contributed by atoms with Crippen molar-refractivity contribution in [2.75, 3.05) is 22.5 Å². The van der Waals surface area contributed by atoms with Crippen LogP contribution in [0.4, 0.5) is 21.9 Å². The summed E-state index contributed by atoms with van der Waals surface area (Å²) in [5, 5.41) is 14.6. The molecule has 0 radical (unpaired) electrons. The second-order valence-electron chi connectivity index (χ2n) is 9.37. The van der Waals surface area contributed by atoms with E-state index in [-0.39, 0.29) is 31.4 Å². The van der Waals surface area contributed by atoms with E-state index in [0.29, 0.717) is 27.6 Å². The number of rotatable bonds is 9. The van der Waals surface area contributed by atoms with Gasteiger partial charge in [0.25, 0.3) is 5.91 Å². The van der Waals surface area contributed by atoms with Crippen molar-refractivity contribution >= 4 is 52.1 Å². The first kappa shape index (κ1) is 27.7. The van der Waals surface area contributed by atoms with Crippen LogP contribution in [0.15, 0.2) is 72.8 Å². The molecule has 1 aliphatic carbocycles. The van der Waals surface area contributed by atoms with Crippen molar-refractivity contribution in [3.8, 4) is 0 Å². The second kappa shape index (κ2) is 13.0. The zero-order valence-corrected chi connectivity index (χ0v) is 22.2. The van der Waals surface area contributed by atoms with Gasteiger partial charge in [0.1, 0.15) is 0 Å². The van der Waals surface area contributed by atoms with Gasteiger partial charge >= 0.3 is 12.0 Å². The maximum absolute atomic E-state index is 13.5. The molecule has 4 rings (SSSR count). The summed E-state index contributed by atoms with van der Waals surface area (Å²) in [4.78, 5) is 38.1. The molecule has 0 atom stereocenters. The molecule has 0 bridgehead atoms. The number of carboxylic acid groups (broad SMARTS) is 1. The molecule has 0 heterocycles. The molecule has 202 valence electrons. The summed E-state index contributed by atoms with van der Waals surface area (Å²) in [6, 6.07) is 19.4. The summed E-state index contributed by atoms with van der Waals surface area (Å²) in [5.74, 6) is -1.33. The van der Waals surface area contributed by atoms with Crippen LogP contribution >= 0.6 is 11.6 Å². The third-order valence-corrected chi connectivity index (χ3v) is 6.85. The molecule has 0 fully saturated rings. The van der Waals surface area contributed by atoms with E-state index in [1.54, 1.807) is 47.4 Å². The molecule has 0 saturated heterocycles. The third kappa shape index (κ3) is 7.61. The fourth-order valence-corrected chi connectivity index (χ4v) is 4.54. The average molecular weight is 547 g/mol. The highest BCUT2D eigenvalue weighted by molar-refractivity contribution is 6.33. The Hall–Kier alpha value is -4.30. The van der Waals surface area contributed by atoms with Crippen LogP contribution in [0.5, 0.6) is 0 Å². The Labute approximate surface area is 232 Å². The zero-order chi connectivity index (χ0) is 27.8. The molecule has 3 aromatic carbocycles. The van der Waals surface area contributed by atoms with E-state index < -0.39 is 5.97 Å². The minimum Gasteiger partial charge on any atom is -0.481 e. The average Bonchev–Trinajstić information content (AvgIpc) is 2.94. The van der Waals surface area contributed by atoms with E-state index in [1.165, 1.54) is 18.4 Å². The summed E-state index contributed by atoms with van der Waals surface area (Å²) in [7, 11) is 0. The highest BCUT2D eigenvalue weighted by Gasteiger charge is 2.18. The number of aliphatic carboxylic acids is 1. The predicted octanol–water partition coefficient (Wildman–Crippen LogP) is 6.32. The number of nitrogens with one attached hydrogen (secondary N) is 2. The number of amides is 3. The summed E-state index contributed by atoms with van der Waals surface area (Å²) in [6.45, 7) is 0.295. The van der Waals surface area contributed by atoms with Crippen molar-refractivity contribution in [1.82, 2.24) is 5.32 Å². The Kier molecular flexibility index (Phi) is 9.22. The number of nitrogen functional groups attached to an aromatic ring is 1. The predicted molar refractivity (Wildman–Crippen MR) is 155 cm³/mol. The molecule has 0 aromatic heterocycles. The Morgan fingerprint density at radius 2 is 1.72 bits per heavy atom. The Morgan fingerprint density at radius 1 is 0.974 bits per heavy atom. The zero-order valence-electron chi connectivity index (χ0n) is 21.5. The van der Waals surface area contributed by atoms with Gasteiger partial charge in [-0.15, -0.1) is 0 Å². The van der Waals surface area contributed by atoms with Gasteiger partial charge in [0.2, 0.25) is 0 Å². The van der Waals surface area contributed by atoms with Crippen LogP contribution in [0.1, 0.15) is 53.6 Å². The van der Waals surface area contributed by atoms with Gasteiger partial charge < -0.3 is 21.5 Å². The number of carboxylic acids is 1. The van der Waals surface area contributed by atoms with Gasteiger partial charge in [-0.3, -0.25) is 14.5 Å². The Morgan fingerprint density at radius 3 is 2.36 bits per heavy atom. The van der Waals surface area contributed by atoms with Gasteiger partial charge in [-0.1, -0.05) is 41.9 Å². The van der Waals surface area contributed by atoms with Crippen molar-refractivity contribution in [2.45, 2.75) is 38.6 Å². The van der Waals surface area contributed by atoms with E-state index >= 15 is 0 Å². The number of hydrogen-bond acceptors (Lipinski definition) is 4. The number of nitrogens with zero attached hydrogens (tertiary/aromatic N) is 1. The number of allylic oxidation sites excluding steroid dienone is 2. The van der Waals surface area contributed by atoms with Crippen LogP contribution in [0.25, 0.3) is 5.57 Å². The number of urea groups is 1. The van der Waals surface area contributed by atoms with Crippen molar-refractivity contribution < 1.29 is 19.5 Å². The van der Waals surface area contributed by atoms with Crippen molar-refractivity contribution in [3.63, 3.8) is 0 Å². The monoisotopic (exact) mass is 546 g/mol. The molecule has 5 N–H and O–H groups in total. The lowest BCUT2D eigenvalue weighted by Gasteiger charge is -2.24. The number of carbonyl (C=O) groups is 3. The smallest absolute Gasteiger partial charge is 0.326 e. The van der Waals surface area contributed by atoms with Crippen LogP contribution in [0, 0.1) is 0 Å².